The fourth-order valence-corrected chi connectivity index (χ4v) is 4.00. The molecule has 0 bridgehead atoms. The molecule has 3 heterocycles. The Balaban J connectivity index is 1.48. The smallest absolute Gasteiger partial charge is 0.315 e. The number of aromatic nitrogens is 1. The van der Waals surface area contributed by atoms with Crippen LogP contribution in [0.25, 0.3) is 0 Å². The summed E-state index contributed by atoms with van der Waals surface area (Å²) in [5.41, 5.74) is 1.96. The zero-order chi connectivity index (χ0) is 19.0. The summed E-state index contributed by atoms with van der Waals surface area (Å²) in [5.74, 6) is 0.116. The van der Waals surface area contributed by atoms with E-state index in [0.717, 1.165) is 31.4 Å². The van der Waals surface area contributed by atoms with Crippen molar-refractivity contribution in [1.82, 2.24) is 25.8 Å². The third-order valence-electron chi connectivity index (χ3n) is 5.45. The number of hydrogen-bond donors (Lipinski definition) is 3. The molecule has 9 heteroatoms. The van der Waals surface area contributed by atoms with Gasteiger partial charge in [0.15, 0.2) is 0 Å². The molecule has 2 aliphatic heterocycles. The molecule has 4 rings (SSSR count). The van der Waals surface area contributed by atoms with Crippen molar-refractivity contribution in [2.45, 2.75) is 50.9 Å². The normalized spacial score (nSPS) is 21.8. The monoisotopic (exact) mass is 373 g/mol. The number of urea groups is 1. The van der Waals surface area contributed by atoms with E-state index in [1.54, 1.807) is 6.07 Å². The van der Waals surface area contributed by atoms with Crippen molar-refractivity contribution in [1.29, 1.82) is 0 Å². The van der Waals surface area contributed by atoms with E-state index in [2.05, 4.69) is 20.9 Å². The van der Waals surface area contributed by atoms with Crippen LogP contribution in [0, 0.1) is 0 Å². The Morgan fingerprint density at radius 3 is 2.81 bits per heavy atom. The number of fused-ring (bicyclic) bond motifs is 1. The summed E-state index contributed by atoms with van der Waals surface area (Å²) < 4.78 is 5.37. The first kappa shape index (κ1) is 17.6. The van der Waals surface area contributed by atoms with Crippen LogP contribution in [0.4, 0.5) is 4.79 Å². The first-order valence-corrected chi connectivity index (χ1v) is 9.26. The molecule has 1 aliphatic carbocycles. The van der Waals surface area contributed by atoms with E-state index < -0.39 is 6.04 Å². The van der Waals surface area contributed by atoms with Gasteiger partial charge < -0.3 is 25.6 Å². The number of carbonyl (C=O) groups excluding carboxylic acids is 3. The molecule has 9 nitrogen and oxygen atoms in total. The van der Waals surface area contributed by atoms with Crippen LogP contribution in [0.1, 0.15) is 47.3 Å². The molecule has 2 fully saturated rings. The lowest BCUT2D eigenvalue weighted by Crippen LogP contribution is -2.42. The van der Waals surface area contributed by atoms with Crippen LogP contribution in [0.15, 0.2) is 6.07 Å². The second-order valence-corrected chi connectivity index (χ2v) is 7.15. The number of methoxy groups -OCH3 is 1. The topological polar surface area (TPSA) is 113 Å². The van der Waals surface area contributed by atoms with Crippen LogP contribution in [-0.4, -0.2) is 53.5 Å². The van der Waals surface area contributed by atoms with Gasteiger partial charge in [0.1, 0.15) is 6.04 Å². The average molecular weight is 373 g/mol. The Bertz CT molecular complexity index is 790. The molecular weight excluding hydrogens is 350 g/mol. The van der Waals surface area contributed by atoms with E-state index in [0.29, 0.717) is 29.6 Å². The number of nitrogens with one attached hydrogen (secondary N) is 3. The van der Waals surface area contributed by atoms with Gasteiger partial charge in [0.2, 0.25) is 11.8 Å². The zero-order valence-corrected chi connectivity index (χ0v) is 15.2. The average Bonchev–Trinajstić information content (AvgIpc) is 3.40. The highest BCUT2D eigenvalue weighted by Gasteiger charge is 2.36. The standard InChI is InChI=1S/C18H23N5O4/c1-27-16-10(7-19-15(24)13-8-20-18(26)22-13)6-12-14(21-16)9-23(17(12)25)11-4-2-3-5-11/h6,11,13H,2-5,7-9H2,1H3,(H,19,24)(H2,20,22,26). The summed E-state index contributed by atoms with van der Waals surface area (Å²) in [6.45, 7) is 0.937. The molecule has 3 aliphatic rings. The second-order valence-electron chi connectivity index (χ2n) is 7.15. The van der Waals surface area contributed by atoms with Crippen LogP contribution >= 0.6 is 0 Å². The van der Waals surface area contributed by atoms with Crippen LogP contribution in [-0.2, 0) is 17.9 Å². The molecule has 1 atom stereocenters. The number of pyridine rings is 1. The van der Waals surface area contributed by atoms with Gasteiger partial charge in [0, 0.05) is 24.7 Å². The number of amides is 4. The Hall–Kier alpha value is -2.84. The molecule has 0 radical (unpaired) electrons. The fraction of sp³-hybridized carbons (Fsp3) is 0.556. The minimum atomic E-state index is -0.606. The minimum absolute atomic E-state index is 0.00638. The van der Waals surface area contributed by atoms with Crippen molar-refractivity contribution in [2.24, 2.45) is 0 Å². The van der Waals surface area contributed by atoms with Gasteiger partial charge in [-0.2, -0.15) is 0 Å². The Kier molecular flexibility index (Phi) is 4.59. The van der Waals surface area contributed by atoms with Crippen molar-refractivity contribution >= 4 is 17.8 Å². The number of hydrogen-bond acceptors (Lipinski definition) is 5. The first-order valence-electron chi connectivity index (χ1n) is 9.26. The van der Waals surface area contributed by atoms with Gasteiger partial charge in [0.05, 0.1) is 24.9 Å². The van der Waals surface area contributed by atoms with Gasteiger partial charge in [0.25, 0.3) is 5.91 Å². The highest BCUT2D eigenvalue weighted by atomic mass is 16.5. The van der Waals surface area contributed by atoms with Crippen molar-refractivity contribution in [3.05, 3.63) is 22.9 Å². The summed E-state index contributed by atoms with van der Waals surface area (Å²) in [4.78, 5) is 42.6. The third-order valence-corrected chi connectivity index (χ3v) is 5.45. The molecule has 1 aromatic rings. The number of carbonyl (C=O) groups is 3. The lowest BCUT2D eigenvalue weighted by molar-refractivity contribution is -0.122. The molecule has 1 aromatic heterocycles. The fourth-order valence-electron chi connectivity index (χ4n) is 4.00. The maximum atomic E-state index is 12.8. The number of rotatable bonds is 5. The van der Waals surface area contributed by atoms with Gasteiger partial charge in [-0.25, -0.2) is 9.78 Å². The summed E-state index contributed by atoms with van der Waals surface area (Å²) >= 11 is 0. The van der Waals surface area contributed by atoms with Crippen LogP contribution in [0.3, 0.4) is 0 Å². The van der Waals surface area contributed by atoms with Crippen molar-refractivity contribution < 1.29 is 19.1 Å². The molecule has 0 spiro atoms. The van der Waals surface area contributed by atoms with E-state index in [1.807, 2.05) is 4.90 Å². The summed E-state index contributed by atoms with van der Waals surface area (Å²) in [6.07, 6.45) is 4.40. The van der Waals surface area contributed by atoms with E-state index in [9.17, 15) is 14.4 Å². The van der Waals surface area contributed by atoms with Crippen LogP contribution in [0.5, 0.6) is 5.88 Å². The van der Waals surface area contributed by atoms with Gasteiger partial charge >= 0.3 is 6.03 Å². The Morgan fingerprint density at radius 1 is 1.37 bits per heavy atom. The van der Waals surface area contributed by atoms with Gasteiger partial charge in [-0.1, -0.05) is 12.8 Å². The lowest BCUT2D eigenvalue weighted by Gasteiger charge is -2.22. The second kappa shape index (κ2) is 7.05. The molecule has 1 unspecified atom stereocenters. The SMILES string of the molecule is COc1nc2c(cc1CNC(=O)C1CNC(=O)N1)C(=O)N(C1CCCC1)C2. The lowest BCUT2D eigenvalue weighted by atomic mass is 10.1. The highest BCUT2D eigenvalue weighted by Crippen LogP contribution is 2.33. The molecule has 3 N–H and O–H groups in total. The number of nitrogens with zero attached hydrogens (tertiary/aromatic N) is 2. The summed E-state index contributed by atoms with van der Waals surface area (Å²) in [6, 6.07) is 1.10. The van der Waals surface area contributed by atoms with E-state index in [4.69, 9.17) is 4.74 Å². The van der Waals surface area contributed by atoms with Gasteiger partial charge in [-0.3, -0.25) is 9.59 Å². The zero-order valence-electron chi connectivity index (χ0n) is 15.2. The Labute approximate surface area is 156 Å². The molecule has 27 heavy (non-hydrogen) atoms. The largest absolute Gasteiger partial charge is 0.481 e. The van der Waals surface area contributed by atoms with E-state index >= 15 is 0 Å². The quantitative estimate of drug-likeness (QED) is 0.687. The summed E-state index contributed by atoms with van der Waals surface area (Å²) in [5, 5.41) is 7.85. The number of ether oxygens (including phenoxy) is 1. The molecule has 4 amide bonds. The summed E-state index contributed by atoms with van der Waals surface area (Å²) in [7, 11) is 1.52. The predicted molar refractivity (Wildman–Crippen MR) is 95.1 cm³/mol. The van der Waals surface area contributed by atoms with Crippen LogP contribution < -0.4 is 20.7 Å². The van der Waals surface area contributed by atoms with E-state index in [-0.39, 0.29) is 30.9 Å². The Morgan fingerprint density at radius 2 is 2.15 bits per heavy atom. The first-order chi connectivity index (χ1) is 13.1. The van der Waals surface area contributed by atoms with Crippen LogP contribution in [0.2, 0.25) is 0 Å². The molecule has 144 valence electrons. The maximum Gasteiger partial charge on any atom is 0.315 e. The minimum Gasteiger partial charge on any atom is -0.481 e. The van der Waals surface area contributed by atoms with Crippen molar-refractivity contribution in [3.8, 4) is 5.88 Å². The molecule has 0 aromatic carbocycles. The maximum absolute atomic E-state index is 12.8. The molecule has 1 saturated heterocycles. The van der Waals surface area contributed by atoms with Gasteiger partial charge in [-0.05, 0) is 18.9 Å². The molecule has 1 saturated carbocycles. The molecular formula is C18H23N5O4. The van der Waals surface area contributed by atoms with Gasteiger partial charge in [-0.15, -0.1) is 0 Å². The van der Waals surface area contributed by atoms with Crippen molar-refractivity contribution in [2.75, 3.05) is 13.7 Å². The van der Waals surface area contributed by atoms with Crippen molar-refractivity contribution in [3.63, 3.8) is 0 Å². The predicted octanol–water partition coefficient (Wildman–Crippen LogP) is 0.286. The third kappa shape index (κ3) is 3.29. The highest BCUT2D eigenvalue weighted by molar-refractivity contribution is 5.98. The van der Waals surface area contributed by atoms with E-state index in [1.165, 1.54) is 7.11 Å².